The standard InChI is InChI=1S/C17H25N3O2/c1-19-11-9-16-13(12-19)4-3-10-20(16)17(21)18-14-5-7-15(22-2)8-6-14/h5-8,13,16H,3-4,9-12H2,1-2H3,(H,18,21). The minimum atomic E-state index is 0.0319. The summed E-state index contributed by atoms with van der Waals surface area (Å²) in [6, 6.07) is 7.92. The summed E-state index contributed by atoms with van der Waals surface area (Å²) in [5, 5.41) is 3.03. The lowest BCUT2D eigenvalue weighted by Gasteiger charge is -2.46. The largest absolute Gasteiger partial charge is 0.497 e. The van der Waals surface area contributed by atoms with E-state index in [0.717, 1.165) is 43.9 Å². The van der Waals surface area contributed by atoms with E-state index in [4.69, 9.17) is 4.74 Å². The van der Waals surface area contributed by atoms with Gasteiger partial charge in [-0.25, -0.2) is 4.79 Å². The van der Waals surface area contributed by atoms with Crippen LogP contribution in [0.4, 0.5) is 10.5 Å². The Morgan fingerprint density at radius 2 is 2.00 bits per heavy atom. The molecule has 1 aromatic rings. The zero-order valence-corrected chi connectivity index (χ0v) is 13.4. The van der Waals surface area contributed by atoms with Gasteiger partial charge in [0.1, 0.15) is 5.75 Å². The maximum absolute atomic E-state index is 12.6. The van der Waals surface area contributed by atoms with Crippen LogP contribution in [0.15, 0.2) is 24.3 Å². The molecule has 5 nitrogen and oxygen atoms in total. The third kappa shape index (κ3) is 3.19. The molecule has 2 fully saturated rings. The second kappa shape index (κ2) is 6.57. The van der Waals surface area contributed by atoms with Crippen LogP contribution in [0.1, 0.15) is 19.3 Å². The summed E-state index contributed by atoms with van der Waals surface area (Å²) in [6.45, 7) is 3.05. The van der Waals surface area contributed by atoms with Crippen molar-refractivity contribution in [3.8, 4) is 5.75 Å². The Hall–Kier alpha value is -1.75. The van der Waals surface area contributed by atoms with E-state index >= 15 is 0 Å². The van der Waals surface area contributed by atoms with Crippen molar-refractivity contribution in [2.75, 3.05) is 39.1 Å². The van der Waals surface area contributed by atoms with Gasteiger partial charge in [-0.2, -0.15) is 0 Å². The lowest BCUT2D eigenvalue weighted by molar-refractivity contribution is 0.0579. The van der Waals surface area contributed by atoms with E-state index in [1.165, 1.54) is 6.42 Å². The van der Waals surface area contributed by atoms with Crippen molar-refractivity contribution >= 4 is 11.7 Å². The van der Waals surface area contributed by atoms with Gasteiger partial charge in [0.25, 0.3) is 0 Å². The maximum atomic E-state index is 12.6. The number of benzene rings is 1. The Labute approximate surface area is 132 Å². The first-order valence-electron chi connectivity index (χ1n) is 8.07. The molecule has 2 atom stereocenters. The fraction of sp³-hybridized carbons (Fsp3) is 0.588. The van der Waals surface area contributed by atoms with E-state index in [9.17, 15) is 4.79 Å². The molecular formula is C17H25N3O2. The molecule has 0 aliphatic carbocycles. The normalized spacial score (nSPS) is 25.5. The van der Waals surface area contributed by atoms with E-state index in [0.29, 0.717) is 12.0 Å². The number of anilines is 1. The number of hydrogen-bond donors (Lipinski definition) is 1. The van der Waals surface area contributed by atoms with Gasteiger partial charge in [0.05, 0.1) is 7.11 Å². The van der Waals surface area contributed by atoms with Gasteiger partial charge < -0.3 is 19.9 Å². The van der Waals surface area contributed by atoms with Gasteiger partial charge in [-0.05, 0) is 63.0 Å². The summed E-state index contributed by atoms with van der Waals surface area (Å²) in [5.74, 6) is 1.42. The molecule has 2 unspecified atom stereocenters. The van der Waals surface area contributed by atoms with Gasteiger partial charge in [0.2, 0.25) is 0 Å². The highest BCUT2D eigenvalue weighted by molar-refractivity contribution is 5.89. The van der Waals surface area contributed by atoms with Gasteiger partial charge in [-0.3, -0.25) is 0 Å². The van der Waals surface area contributed by atoms with Crippen LogP contribution in [-0.2, 0) is 0 Å². The van der Waals surface area contributed by atoms with Crippen LogP contribution >= 0.6 is 0 Å². The first-order chi connectivity index (χ1) is 10.7. The third-order valence-electron chi connectivity index (χ3n) is 4.87. The van der Waals surface area contributed by atoms with E-state index in [-0.39, 0.29) is 6.03 Å². The lowest BCUT2D eigenvalue weighted by Crippen LogP contribution is -2.56. The highest BCUT2D eigenvalue weighted by Gasteiger charge is 2.37. The van der Waals surface area contributed by atoms with Crippen LogP contribution in [0, 0.1) is 5.92 Å². The minimum absolute atomic E-state index is 0.0319. The molecule has 2 saturated heterocycles. The van der Waals surface area contributed by atoms with Crippen LogP contribution in [0.5, 0.6) is 5.75 Å². The zero-order valence-electron chi connectivity index (χ0n) is 13.4. The monoisotopic (exact) mass is 303 g/mol. The first-order valence-corrected chi connectivity index (χ1v) is 8.07. The van der Waals surface area contributed by atoms with Crippen LogP contribution in [0.25, 0.3) is 0 Å². The maximum Gasteiger partial charge on any atom is 0.322 e. The smallest absolute Gasteiger partial charge is 0.322 e. The average Bonchev–Trinajstić information content (AvgIpc) is 2.54. The summed E-state index contributed by atoms with van der Waals surface area (Å²) in [6.07, 6.45) is 3.42. The average molecular weight is 303 g/mol. The molecular weight excluding hydrogens is 278 g/mol. The molecule has 5 heteroatoms. The Bertz CT molecular complexity index is 517. The van der Waals surface area contributed by atoms with Crippen molar-refractivity contribution in [3.05, 3.63) is 24.3 Å². The first kappa shape index (κ1) is 15.2. The van der Waals surface area contributed by atoms with Crippen LogP contribution in [-0.4, -0.2) is 55.7 Å². The number of hydrogen-bond acceptors (Lipinski definition) is 3. The summed E-state index contributed by atoms with van der Waals surface area (Å²) < 4.78 is 5.14. The lowest BCUT2D eigenvalue weighted by atomic mass is 9.84. The topological polar surface area (TPSA) is 44.8 Å². The molecule has 0 aromatic heterocycles. The Morgan fingerprint density at radius 3 is 2.73 bits per heavy atom. The number of methoxy groups -OCH3 is 1. The number of carbonyl (C=O) groups excluding carboxylic acids is 1. The Morgan fingerprint density at radius 1 is 1.23 bits per heavy atom. The molecule has 1 N–H and O–H groups in total. The Kier molecular flexibility index (Phi) is 4.52. The quantitative estimate of drug-likeness (QED) is 0.913. The van der Waals surface area contributed by atoms with Gasteiger partial charge in [0, 0.05) is 24.8 Å². The molecule has 0 spiro atoms. The van der Waals surface area contributed by atoms with E-state index in [1.807, 2.05) is 29.2 Å². The van der Waals surface area contributed by atoms with Gasteiger partial charge >= 0.3 is 6.03 Å². The second-order valence-electron chi connectivity index (χ2n) is 6.37. The molecule has 0 saturated carbocycles. The summed E-state index contributed by atoms with van der Waals surface area (Å²) in [7, 11) is 3.81. The van der Waals surface area contributed by atoms with Crippen molar-refractivity contribution in [2.45, 2.75) is 25.3 Å². The number of amides is 2. The van der Waals surface area contributed by atoms with E-state index in [2.05, 4.69) is 17.3 Å². The van der Waals surface area contributed by atoms with Crippen molar-refractivity contribution in [2.24, 2.45) is 5.92 Å². The Balaban J connectivity index is 1.65. The highest BCUT2D eigenvalue weighted by Crippen LogP contribution is 2.30. The fourth-order valence-electron chi connectivity index (χ4n) is 3.71. The number of ether oxygens (including phenoxy) is 1. The summed E-state index contributed by atoms with van der Waals surface area (Å²) in [5.41, 5.74) is 0.820. The molecule has 3 rings (SSSR count). The molecule has 2 aliphatic heterocycles. The number of rotatable bonds is 2. The molecule has 22 heavy (non-hydrogen) atoms. The molecule has 2 amide bonds. The predicted octanol–water partition coefficient (Wildman–Crippen LogP) is 2.64. The van der Waals surface area contributed by atoms with Crippen molar-refractivity contribution in [1.29, 1.82) is 0 Å². The third-order valence-corrected chi connectivity index (χ3v) is 4.87. The predicted molar refractivity (Wildman–Crippen MR) is 87.3 cm³/mol. The number of fused-ring (bicyclic) bond motifs is 1. The number of piperidine rings is 2. The van der Waals surface area contributed by atoms with Gasteiger partial charge in [-0.1, -0.05) is 0 Å². The number of carbonyl (C=O) groups is 1. The van der Waals surface area contributed by atoms with Crippen LogP contribution in [0.3, 0.4) is 0 Å². The summed E-state index contributed by atoms with van der Waals surface area (Å²) >= 11 is 0. The van der Waals surface area contributed by atoms with Crippen molar-refractivity contribution < 1.29 is 9.53 Å². The molecule has 2 heterocycles. The number of nitrogens with zero attached hydrogens (tertiary/aromatic N) is 2. The molecule has 0 bridgehead atoms. The molecule has 0 radical (unpaired) electrons. The SMILES string of the molecule is COc1ccc(NC(=O)N2CCCC3CN(C)CCC32)cc1. The van der Waals surface area contributed by atoms with Gasteiger partial charge in [0.15, 0.2) is 0 Å². The van der Waals surface area contributed by atoms with Crippen molar-refractivity contribution in [1.82, 2.24) is 9.80 Å². The second-order valence-corrected chi connectivity index (χ2v) is 6.37. The van der Waals surface area contributed by atoms with Crippen molar-refractivity contribution in [3.63, 3.8) is 0 Å². The number of likely N-dealkylation sites (tertiary alicyclic amines) is 2. The highest BCUT2D eigenvalue weighted by atomic mass is 16.5. The van der Waals surface area contributed by atoms with Crippen LogP contribution < -0.4 is 10.1 Å². The molecule has 120 valence electrons. The van der Waals surface area contributed by atoms with E-state index in [1.54, 1.807) is 7.11 Å². The van der Waals surface area contributed by atoms with Gasteiger partial charge in [-0.15, -0.1) is 0 Å². The number of urea groups is 1. The fourth-order valence-corrected chi connectivity index (χ4v) is 3.71. The molecule has 2 aliphatic rings. The van der Waals surface area contributed by atoms with E-state index < -0.39 is 0 Å². The number of nitrogens with one attached hydrogen (secondary N) is 1. The summed E-state index contributed by atoms with van der Waals surface area (Å²) in [4.78, 5) is 17.1. The molecule has 1 aromatic carbocycles. The minimum Gasteiger partial charge on any atom is -0.497 e. The zero-order chi connectivity index (χ0) is 15.5. The van der Waals surface area contributed by atoms with Crippen LogP contribution in [0.2, 0.25) is 0 Å².